The molecule has 0 N–H and O–H groups in total. The molecule has 0 bridgehead atoms. The summed E-state index contributed by atoms with van der Waals surface area (Å²) >= 11 is 12.6. The first-order chi connectivity index (χ1) is 22.2. The van der Waals surface area contributed by atoms with Gasteiger partial charge < -0.3 is 9.64 Å². The van der Waals surface area contributed by atoms with Gasteiger partial charge >= 0.3 is 0 Å². The molecule has 1 heterocycles. The van der Waals surface area contributed by atoms with Crippen LogP contribution in [0.25, 0.3) is 0 Å². The summed E-state index contributed by atoms with van der Waals surface area (Å²) < 4.78 is 74.2. The van der Waals surface area contributed by atoms with Gasteiger partial charge in [0.05, 0.1) is 29.6 Å². The molecule has 1 saturated carbocycles. The van der Waals surface area contributed by atoms with Crippen molar-refractivity contribution in [1.82, 2.24) is 4.90 Å². The van der Waals surface area contributed by atoms with Crippen LogP contribution in [0.1, 0.15) is 55.9 Å². The summed E-state index contributed by atoms with van der Waals surface area (Å²) in [5.41, 5.74) is 1.05. The van der Waals surface area contributed by atoms with Crippen molar-refractivity contribution in [2.45, 2.75) is 62.1 Å². The monoisotopic (exact) mass is 724 g/mol. The Hall–Kier alpha value is -3.03. The predicted octanol–water partition coefficient (Wildman–Crippen LogP) is 5.92. The van der Waals surface area contributed by atoms with Crippen LogP contribution in [0.4, 0.5) is 10.1 Å². The van der Waals surface area contributed by atoms with Gasteiger partial charge in [0.25, 0.3) is 5.91 Å². The maximum atomic E-state index is 15.3. The number of carbonyl (C=O) groups excluding carboxylic acids is 2. The van der Waals surface area contributed by atoms with Gasteiger partial charge in [-0.25, -0.2) is 21.2 Å². The van der Waals surface area contributed by atoms with Gasteiger partial charge in [0.15, 0.2) is 15.6 Å². The Labute approximate surface area is 284 Å². The van der Waals surface area contributed by atoms with E-state index in [-0.39, 0.29) is 18.7 Å². The van der Waals surface area contributed by atoms with Crippen molar-refractivity contribution in [3.63, 3.8) is 0 Å². The summed E-state index contributed by atoms with van der Waals surface area (Å²) in [4.78, 5) is 28.9. The molecule has 0 unspecified atom stereocenters. The zero-order valence-electron chi connectivity index (χ0n) is 25.8. The van der Waals surface area contributed by atoms with Gasteiger partial charge in [0.2, 0.25) is 10.0 Å². The standard InChI is InChI=1S/C33H35Cl2FN2O7S2/c1-3-25(19-37(47(43,44)27-15-16-27)29-10-5-4-9-28(29)36)38-31(21-11-13-23(34)14-12-21)32(22-7-6-8-24(35)17-22)45-30(33(38)40)18-26(39)20-46(2,41)42/h4-14,17,25,27,30-32H,3,15-16,18-20H2,1-2H3/t25-,30-,31+,32+/m0/s1. The van der Waals surface area contributed by atoms with Crippen molar-refractivity contribution < 1.29 is 35.6 Å². The van der Waals surface area contributed by atoms with E-state index < -0.39 is 79.1 Å². The number of hydrogen-bond acceptors (Lipinski definition) is 7. The number of hydrogen-bond donors (Lipinski definition) is 0. The molecule has 1 amide bonds. The number of nitrogens with zero attached hydrogens (tertiary/aromatic N) is 2. The molecule has 14 heteroatoms. The van der Waals surface area contributed by atoms with E-state index in [1.807, 2.05) is 0 Å². The fraction of sp³-hybridized carbons (Fsp3) is 0.394. The number of sulfone groups is 1. The molecule has 5 rings (SSSR count). The molecule has 3 aromatic rings. The summed E-state index contributed by atoms with van der Waals surface area (Å²) in [6, 6.07) is 17.5. The largest absolute Gasteiger partial charge is 0.357 e. The second-order valence-electron chi connectivity index (χ2n) is 11.9. The van der Waals surface area contributed by atoms with E-state index in [0.717, 1.165) is 10.6 Å². The van der Waals surface area contributed by atoms with E-state index in [0.29, 0.717) is 34.0 Å². The zero-order chi connectivity index (χ0) is 34.1. The average Bonchev–Trinajstić information content (AvgIpc) is 3.86. The van der Waals surface area contributed by atoms with Crippen LogP contribution in [0.2, 0.25) is 10.0 Å². The number of ketones is 1. The van der Waals surface area contributed by atoms with Crippen LogP contribution in [0.15, 0.2) is 72.8 Å². The molecule has 1 aliphatic carbocycles. The zero-order valence-corrected chi connectivity index (χ0v) is 28.9. The number of para-hydroxylation sites is 1. The van der Waals surface area contributed by atoms with E-state index in [9.17, 15) is 26.4 Å². The number of Topliss-reactive ketones (excluding diaryl/α,β-unsaturated/α-hetero) is 1. The van der Waals surface area contributed by atoms with Crippen molar-refractivity contribution in [2.75, 3.05) is 22.9 Å². The van der Waals surface area contributed by atoms with E-state index >= 15 is 4.39 Å². The molecule has 0 aromatic heterocycles. The lowest BCUT2D eigenvalue weighted by Crippen LogP contribution is -2.58. The number of amides is 1. The molecular formula is C33H35Cl2FN2O7S2. The van der Waals surface area contributed by atoms with E-state index in [1.54, 1.807) is 61.5 Å². The molecule has 2 aliphatic rings. The highest BCUT2D eigenvalue weighted by Gasteiger charge is 2.49. The second kappa shape index (κ2) is 14.2. The molecule has 1 saturated heterocycles. The third kappa shape index (κ3) is 8.17. The normalized spacial score (nSPS) is 21.0. The fourth-order valence-electron chi connectivity index (χ4n) is 5.94. The van der Waals surface area contributed by atoms with Crippen LogP contribution in [0.3, 0.4) is 0 Å². The molecule has 2 fully saturated rings. The Balaban J connectivity index is 1.65. The first-order valence-electron chi connectivity index (χ1n) is 15.1. The molecule has 252 valence electrons. The SMILES string of the molecule is CC[C@@H](CN(c1ccccc1F)S(=O)(=O)C1CC1)N1C(=O)[C@H](CC(=O)CS(C)(=O)=O)O[C@H](c2cccc(Cl)c2)[C@H]1c1ccc(Cl)cc1. The fourth-order valence-corrected chi connectivity index (χ4v) is 8.86. The number of benzene rings is 3. The van der Waals surface area contributed by atoms with Crippen molar-refractivity contribution in [3.8, 4) is 0 Å². The topological polar surface area (TPSA) is 118 Å². The first-order valence-corrected chi connectivity index (χ1v) is 19.5. The maximum absolute atomic E-state index is 15.3. The number of ether oxygens (including phenoxy) is 1. The summed E-state index contributed by atoms with van der Waals surface area (Å²) in [6.45, 7) is 1.51. The highest BCUT2D eigenvalue weighted by molar-refractivity contribution is 7.93. The van der Waals surface area contributed by atoms with Crippen molar-refractivity contribution in [2.24, 2.45) is 0 Å². The van der Waals surface area contributed by atoms with E-state index in [2.05, 4.69) is 0 Å². The van der Waals surface area contributed by atoms with E-state index in [1.165, 1.54) is 23.1 Å². The predicted molar refractivity (Wildman–Crippen MR) is 179 cm³/mol. The van der Waals surface area contributed by atoms with Crippen LogP contribution in [0.5, 0.6) is 0 Å². The maximum Gasteiger partial charge on any atom is 0.253 e. The molecule has 0 spiro atoms. The van der Waals surface area contributed by atoms with Gasteiger partial charge in [-0.05, 0) is 66.8 Å². The van der Waals surface area contributed by atoms with Crippen LogP contribution in [0, 0.1) is 5.82 Å². The number of halogens is 3. The lowest BCUT2D eigenvalue weighted by molar-refractivity contribution is -0.180. The molecule has 0 radical (unpaired) electrons. The van der Waals surface area contributed by atoms with Crippen LogP contribution >= 0.6 is 23.2 Å². The van der Waals surface area contributed by atoms with Crippen LogP contribution in [-0.2, 0) is 34.2 Å². The third-order valence-corrected chi connectivity index (χ3v) is 11.9. The van der Waals surface area contributed by atoms with Gasteiger partial charge in [-0.3, -0.25) is 13.9 Å². The highest BCUT2D eigenvalue weighted by Crippen LogP contribution is 2.45. The number of morpholine rings is 1. The Morgan fingerprint density at radius 2 is 1.66 bits per heavy atom. The molecule has 47 heavy (non-hydrogen) atoms. The molecule has 9 nitrogen and oxygen atoms in total. The lowest BCUT2D eigenvalue weighted by Gasteiger charge is -2.49. The van der Waals surface area contributed by atoms with Crippen molar-refractivity contribution in [1.29, 1.82) is 0 Å². The van der Waals surface area contributed by atoms with Crippen molar-refractivity contribution in [3.05, 3.63) is 99.8 Å². The molecule has 4 atom stereocenters. The lowest BCUT2D eigenvalue weighted by atomic mass is 9.89. The number of sulfonamides is 1. The Morgan fingerprint density at radius 1 is 0.979 bits per heavy atom. The third-order valence-electron chi connectivity index (χ3n) is 8.27. The number of carbonyl (C=O) groups is 2. The summed E-state index contributed by atoms with van der Waals surface area (Å²) in [5.74, 6) is -2.84. The minimum Gasteiger partial charge on any atom is -0.357 e. The van der Waals surface area contributed by atoms with Gasteiger partial charge in [0.1, 0.15) is 23.8 Å². The van der Waals surface area contributed by atoms with Gasteiger partial charge in [-0.2, -0.15) is 0 Å². The first kappa shape index (κ1) is 35.3. The van der Waals surface area contributed by atoms with Crippen molar-refractivity contribution >= 4 is 60.4 Å². The number of anilines is 1. The highest BCUT2D eigenvalue weighted by atomic mass is 35.5. The Bertz CT molecular complexity index is 1850. The number of rotatable bonds is 13. The second-order valence-corrected chi connectivity index (χ2v) is 17.1. The molecule has 3 aromatic carbocycles. The minimum absolute atomic E-state index is 0.132. The van der Waals surface area contributed by atoms with Crippen LogP contribution in [-0.4, -0.2) is 69.4 Å². The van der Waals surface area contributed by atoms with E-state index in [4.69, 9.17) is 27.9 Å². The molecule has 1 aliphatic heterocycles. The van der Waals surface area contributed by atoms with Crippen LogP contribution < -0.4 is 4.31 Å². The minimum atomic E-state index is -4.01. The summed E-state index contributed by atoms with van der Waals surface area (Å²) in [7, 11) is -7.70. The van der Waals surface area contributed by atoms with Gasteiger partial charge in [-0.1, -0.05) is 66.5 Å². The average molecular weight is 726 g/mol. The van der Waals surface area contributed by atoms with Gasteiger partial charge in [-0.15, -0.1) is 0 Å². The smallest absolute Gasteiger partial charge is 0.253 e. The summed E-state index contributed by atoms with van der Waals surface area (Å²) in [6.07, 6.45) is -0.789. The molecular weight excluding hydrogens is 690 g/mol. The Morgan fingerprint density at radius 3 is 2.26 bits per heavy atom. The summed E-state index contributed by atoms with van der Waals surface area (Å²) in [5, 5.41) is 0.162. The van der Waals surface area contributed by atoms with Gasteiger partial charge in [0, 0.05) is 22.7 Å². The Kier molecular flexibility index (Phi) is 10.7. The quantitative estimate of drug-likeness (QED) is 0.215.